The average molecular weight is 347 g/mol. The minimum absolute atomic E-state index is 0.0630. The van der Waals surface area contributed by atoms with E-state index in [1.807, 2.05) is 12.1 Å². The molecule has 0 spiro atoms. The van der Waals surface area contributed by atoms with Crippen LogP contribution in [0.25, 0.3) is 0 Å². The molecule has 2 aromatic carbocycles. The van der Waals surface area contributed by atoms with Crippen LogP contribution in [0.3, 0.4) is 0 Å². The van der Waals surface area contributed by atoms with Crippen molar-refractivity contribution in [1.82, 2.24) is 5.32 Å². The highest BCUT2D eigenvalue weighted by molar-refractivity contribution is 7.90. The van der Waals surface area contributed by atoms with Crippen molar-refractivity contribution >= 4 is 22.0 Å². The molecule has 0 atom stereocenters. The maximum absolute atomic E-state index is 11.2. The molecule has 4 rings (SSSR count). The van der Waals surface area contributed by atoms with E-state index in [4.69, 9.17) is 4.74 Å². The summed E-state index contributed by atoms with van der Waals surface area (Å²) in [6, 6.07) is 14.1. The molecule has 2 aliphatic rings. The smallest absolute Gasteiger partial charge is 0.207 e. The van der Waals surface area contributed by atoms with Gasteiger partial charge in [0.1, 0.15) is 17.3 Å². The monoisotopic (exact) mass is 347 g/mol. The second kappa shape index (κ2) is 7.74. The summed E-state index contributed by atoms with van der Waals surface area (Å²) in [4.78, 5) is 21.4. The normalized spacial score (nSPS) is 11.7. The number of carbonyl (C=O) groups excluding carboxylic acids is 2. The predicted molar refractivity (Wildman–Crippen MR) is 88.7 cm³/mol. The molecule has 0 radical (unpaired) electrons. The molecule has 1 amide bonds. The second-order valence-electron chi connectivity index (χ2n) is 5.13. The summed E-state index contributed by atoms with van der Waals surface area (Å²) >= 11 is 0. The zero-order chi connectivity index (χ0) is 17.6. The van der Waals surface area contributed by atoms with Gasteiger partial charge in [-0.15, -0.1) is 0 Å². The van der Waals surface area contributed by atoms with Crippen molar-refractivity contribution in [2.24, 2.45) is 0 Å². The van der Waals surface area contributed by atoms with E-state index in [0.29, 0.717) is 29.2 Å². The van der Waals surface area contributed by atoms with Crippen LogP contribution < -0.4 is 10.1 Å². The van der Waals surface area contributed by atoms with Crippen LogP contribution in [-0.4, -0.2) is 33.4 Å². The minimum atomic E-state index is -3.13. The molecule has 2 bridgehead atoms. The van der Waals surface area contributed by atoms with Crippen LogP contribution in [0.2, 0.25) is 0 Å². The predicted octanol–water partition coefficient (Wildman–Crippen LogP) is 1.60. The first kappa shape index (κ1) is 17.7. The largest absolute Gasteiger partial charge is 0.488 e. The van der Waals surface area contributed by atoms with Crippen LogP contribution in [0.5, 0.6) is 5.75 Å². The van der Waals surface area contributed by atoms with Crippen LogP contribution in [0.15, 0.2) is 53.4 Å². The van der Waals surface area contributed by atoms with E-state index < -0.39 is 9.84 Å². The summed E-state index contributed by atoms with van der Waals surface area (Å²) in [6.07, 6.45) is 1.70. The standard InChI is InChI=1S/C9H9NO2.C8H8O3S/c11-7-10-6-9(12)8-4-2-1-3-5-8;1-12(9,10)8-4-6-2-3-7(8)11-5-6/h1-5,7H,6H2,(H,10,11);2-4H,5H2,1H3. The number of hydrogen-bond donors (Lipinski definition) is 1. The van der Waals surface area contributed by atoms with Crippen molar-refractivity contribution in [2.75, 3.05) is 12.8 Å². The van der Waals surface area contributed by atoms with Gasteiger partial charge in [-0.1, -0.05) is 36.4 Å². The van der Waals surface area contributed by atoms with Crippen molar-refractivity contribution in [1.29, 1.82) is 0 Å². The first-order valence-corrected chi connectivity index (χ1v) is 9.02. The van der Waals surface area contributed by atoms with Gasteiger partial charge in [0, 0.05) is 11.8 Å². The van der Waals surface area contributed by atoms with Crippen LogP contribution in [0, 0.1) is 0 Å². The third-order valence-corrected chi connectivity index (χ3v) is 4.36. The molecule has 126 valence electrons. The summed E-state index contributed by atoms with van der Waals surface area (Å²) in [5.41, 5.74) is 1.53. The number of nitrogens with one attached hydrogen (secondary N) is 1. The number of sulfone groups is 1. The number of hydrogen-bond acceptors (Lipinski definition) is 5. The molecule has 0 aliphatic carbocycles. The lowest BCUT2D eigenvalue weighted by molar-refractivity contribution is -0.109. The Morgan fingerprint density at radius 2 is 1.92 bits per heavy atom. The highest BCUT2D eigenvalue weighted by atomic mass is 32.2. The fourth-order valence-corrected chi connectivity index (χ4v) is 2.93. The highest BCUT2D eigenvalue weighted by Crippen LogP contribution is 2.30. The van der Waals surface area contributed by atoms with E-state index in [0.717, 1.165) is 5.56 Å². The Bertz CT molecular complexity index is 831. The van der Waals surface area contributed by atoms with E-state index >= 15 is 0 Å². The fourth-order valence-electron chi connectivity index (χ4n) is 2.07. The molecule has 0 saturated carbocycles. The van der Waals surface area contributed by atoms with Gasteiger partial charge < -0.3 is 10.1 Å². The first-order valence-electron chi connectivity index (χ1n) is 7.13. The van der Waals surface area contributed by atoms with Crippen molar-refractivity contribution in [2.45, 2.75) is 11.5 Å². The van der Waals surface area contributed by atoms with E-state index in [2.05, 4.69) is 5.32 Å². The average Bonchev–Trinajstić information content (AvgIpc) is 2.61. The summed E-state index contributed by atoms with van der Waals surface area (Å²) in [7, 11) is -3.13. The van der Waals surface area contributed by atoms with Crippen molar-refractivity contribution in [3.63, 3.8) is 0 Å². The maximum atomic E-state index is 11.2. The Hall–Kier alpha value is -2.67. The number of Topliss-reactive ketones (excluding diaryl/α,β-unsaturated/α-hetero) is 1. The third-order valence-electron chi connectivity index (χ3n) is 3.24. The highest BCUT2D eigenvalue weighted by Gasteiger charge is 2.19. The van der Waals surface area contributed by atoms with Gasteiger partial charge in [0.15, 0.2) is 15.6 Å². The molecule has 6 nitrogen and oxygen atoms in total. The van der Waals surface area contributed by atoms with Crippen LogP contribution >= 0.6 is 0 Å². The molecule has 7 heteroatoms. The topological polar surface area (TPSA) is 89.5 Å². The summed E-state index contributed by atoms with van der Waals surface area (Å²) < 4.78 is 27.5. The molecule has 1 N–H and O–H groups in total. The number of rotatable bonds is 5. The molecule has 0 unspecified atom stereocenters. The van der Waals surface area contributed by atoms with Gasteiger partial charge in [0.05, 0.1) is 6.54 Å². The molecule has 2 aromatic rings. The number of amides is 1. The molecular weight excluding hydrogens is 330 g/mol. The quantitative estimate of drug-likeness (QED) is 0.655. The zero-order valence-corrected chi connectivity index (χ0v) is 13.9. The molecular formula is C17H17NO5S. The van der Waals surface area contributed by atoms with Crippen LogP contribution in [0.4, 0.5) is 0 Å². The molecule has 0 saturated heterocycles. The lowest BCUT2D eigenvalue weighted by atomic mass is 10.1. The lowest BCUT2D eigenvalue weighted by Gasteiger charge is -2.17. The summed E-state index contributed by atoms with van der Waals surface area (Å²) in [6.45, 7) is 0.554. The van der Waals surface area contributed by atoms with Crippen molar-refractivity contribution in [3.05, 3.63) is 59.7 Å². The van der Waals surface area contributed by atoms with E-state index in [9.17, 15) is 18.0 Å². The Morgan fingerprint density at radius 3 is 2.33 bits per heavy atom. The van der Waals surface area contributed by atoms with Gasteiger partial charge in [-0.2, -0.15) is 0 Å². The Kier molecular flexibility index (Phi) is 5.70. The Balaban J connectivity index is 0.000000174. The number of fused-ring (bicyclic) bond motifs is 3. The second-order valence-corrected chi connectivity index (χ2v) is 7.11. The minimum Gasteiger partial charge on any atom is -0.488 e. The van der Waals surface area contributed by atoms with Crippen LogP contribution in [-0.2, 0) is 21.2 Å². The zero-order valence-electron chi connectivity index (χ0n) is 13.1. The maximum Gasteiger partial charge on any atom is 0.207 e. The number of ether oxygens (including phenoxy) is 1. The van der Waals surface area contributed by atoms with E-state index in [1.165, 1.54) is 6.26 Å². The van der Waals surface area contributed by atoms with E-state index in [1.54, 1.807) is 36.4 Å². The SMILES string of the molecule is CS(=O)(=O)c1cc2ccc1OC2.O=CNCC(=O)c1ccccc1. The first-order chi connectivity index (χ1) is 11.4. The van der Waals surface area contributed by atoms with Gasteiger partial charge in [0.2, 0.25) is 6.41 Å². The molecule has 2 heterocycles. The third kappa shape index (κ3) is 4.66. The van der Waals surface area contributed by atoms with Gasteiger partial charge in [-0.25, -0.2) is 8.42 Å². The number of carbonyl (C=O) groups is 2. The van der Waals surface area contributed by atoms with Gasteiger partial charge in [0.25, 0.3) is 0 Å². The van der Waals surface area contributed by atoms with Crippen molar-refractivity contribution in [3.8, 4) is 5.75 Å². The van der Waals surface area contributed by atoms with Crippen molar-refractivity contribution < 1.29 is 22.7 Å². The molecule has 0 fully saturated rings. The summed E-state index contributed by atoms with van der Waals surface area (Å²) in [5, 5.41) is 2.32. The van der Waals surface area contributed by atoms with Gasteiger partial charge in [-0.05, 0) is 17.7 Å². The molecule has 2 aliphatic heterocycles. The lowest BCUT2D eigenvalue weighted by Crippen LogP contribution is -2.21. The summed E-state index contributed by atoms with van der Waals surface area (Å²) in [5.74, 6) is 0.384. The van der Waals surface area contributed by atoms with Crippen LogP contribution in [0.1, 0.15) is 15.9 Å². The number of ketones is 1. The van der Waals surface area contributed by atoms with Gasteiger partial charge >= 0.3 is 0 Å². The Morgan fingerprint density at radius 1 is 1.21 bits per heavy atom. The van der Waals surface area contributed by atoms with E-state index in [-0.39, 0.29) is 12.3 Å². The molecule has 0 aromatic heterocycles. The molecule has 24 heavy (non-hydrogen) atoms. The van der Waals surface area contributed by atoms with Gasteiger partial charge in [-0.3, -0.25) is 9.59 Å². The fraction of sp³-hybridized carbons (Fsp3) is 0.176. The Labute approximate surface area is 140 Å². The number of benzene rings is 2.